The summed E-state index contributed by atoms with van der Waals surface area (Å²) < 4.78 is 5.80. The van der Waals surface area contributed by atoms with Crippen LogP contribution in [0.4, 0.5) is 11.4 Å². The summed E-state index contributed by atoms with van der Waals surface area (Å²) in [4.78, 5) is 13.5. The first-order chi connectivity index (χ1) is 10.1. The molecule has 0 spiro atoms. The predicted octanol–water partition coefficient (Wildman–Crippen LogP) is 2.34. The number of carbonyl (C=O) groups excluding carboxylic acids is 1. The van der Waals surface area contributed by atoms with E-state index in [1.54, 1.807) is 37.2 Å². The smallest absolute Gasteiger partial charge is 0.253 e. The zero-order chi connectivity index (χ0) is 15.2. The maximum Gasteiger partial charge on any atom is 0.253 e. The fourth-order valence-corrected chi connectivity index (χ4v) is 2.57. The van der Waals surface area contributed by atoms with Gasteiger partial charge in [0.1, 0.15) is 0 Å². The first kappa shape index (κ1) is 15.6. The van der Waals surface area contributed by atoms with Gasteiger partial charge in [0.15, 0.2) is 0 Å². The van der Waals surface area contributed by atoms with E-state index in [9.17, 15) is 4.79 Å². The van der Waals surface area contributed by atoms with Gasteiger partial charge in [0.25, 0.3) is 5.91 Å². The highest BCUT2D eigenvalue weighted by atomic mass is 16.5. The molecule has 0 aromatic heterocycles. The van der Waals surface area contributed by atoms with Crippen LogP contribution in [0.1, 0.15) is 36.0 Å². The third-order valence-corrected chi connectivity index (χ3v) is 3.78. The Morgan fingerprint density at radius 1 is 1.38 bits per heavy atom. The van der Waals surface area contributed by atoms with E-state index in [0.29, 0.717) is 30.5 Å². The van der Waals surface area contributed by atoms with Crippen molar-refractivity contribution in [2.24, 2.45) is 0 Å². The Morgan fingerprint density at radius 2 is 2.10 bits per heavy atom. The SMILES string of the molecule is CN(C)C(=O)c1ccc(N)c(NCCOC2CCCC2)c1. The molecule has 1 aliphatic rings. The van der Waals surface area contributed by atoms with E-state index >= 15 is 0 Å². The van der Waals surface area contributed by atoms with Crippen LogP contribution < -0.4 is 11.1 Å². The molecule has 0 unspecified atom stereocenters. The molecule has 1 amide bonds. The molecular formula is C16H25N3O2. The summed E-state index contributed by atoms with van der Waals surface area (Å²) in [6, 6.07) is 5.31. The minimum atomic E-state index is -0.0275. The number of anilines is 2. The maximum absolute atomic E-state index is 11.9. The number of nitrogens with zero attached hydrogens (tertiary/aromatic N) is 1. The molecule has 0 saturated heterocycles. The number of hydrogen-bond acceptors (Lipinski definition) is 4. The van der Waals surface area contributed by atoms with Crippen LogP contribution in [0.5, 0.6) is 0 Å². The number of nitrogens with two attached hydrogens (primary N) is 1. The third-order valence-electron chi connectivity index (χ3n) is 3.78. The van der Waals surface area contributed by atoms with Gasteiger partial charge in [-0.25, -0.2) is 0 Å². The van der Waals surface area contributed by atoms with Crippen molar-refractivity contribution in [3.63, 3.8) is 0 Å². The lowest BCUT2D eigenvalue weighted by Gasteiger charge is -2.15. The quantitative estimate of drug-likeness (QED) is 0.623. The van der Waals surface area contributed by atoms with Crippen molar-refractivity contribution < 1.29 is 9.53 Å². The predicted molar refractivity (Wildman–Crippen MR) is 85.6 cm³/mol. The van der Waals surface area contributed by atoms with Gasteiger partial charge in [0.05, 0.1) is 24.1 Å². The minimum Gasteiger partial charge on any atom is -0.397 e. The van der Waals surface area contributed by atoms with Crippen LogP contribution in [-0.2, 0) is 4.74 Å². The number of nitrogen functional groups attached to an aromatic ring is 1. The van der Waals surface area contributed by atoms with E-state index in [-0.39, 0.29) is 5.91 Å². The third kappa shape index (κ3) is 4.36. The van der Waals surface area contributed by atoms with Crippen LogP contribution >= 0.6 is 0 Å². The summed E-state index contributed by atoms with van der Waals surface area (Å²) in [5, 5.41) is 3.25. The first-order valence-electron chi connectivity index (χ1n) is 7.54. The molecule has 21 heavy (non-hydrogen) atoms. The van der Waals surface area contributed by atoms with E-state index in [1.807, 2.05) is 0 Å². The lowest BCUT2D eigenvalue weighted by molar-refractivity contribution is 0.0659. The van der Waals surface area contributed by atoms with Crippen LogP contribution in [0, 0.1) is 0 Å². The lowest BCUT2D eigenvalue weighted by Crippen LogP contribution is -2.22. The van der Waals surface area contributed by atoms with Gasteiger partial charge in [-0.15, -0.1) is 0 Å². The van der Waals surface area contributed by atoms with Gasteiger partial charge in [0, 0.05) is 26.2 Å². The zero-order valence-electron chi connectivity index (χ0n) is 12.9. The fraction of sp³-hybridized carbons (Fsp3) is 0.562. The molecule has 1 aromatic rings. The van der Waals surface area contributed by atoms with Crippen molar-refractivity contribution in [1.82, 2.24) is 4.90 Å². The van der Waals surface area contributed by atoms with E-state index in [4.69, 9.17) is 10.5 Å². The number of benzene rings is 1. The monoisotopic (exact) mass is 291 g/mol. The minimum absolute atomic E-state index is 0.0275. The summed E-state index contributed by atoms with van der Waals surface area (Å²) in [5.74, 6) is -0.0275. The molecule has 1 fully saturated rings. The Balaban J connectivity index is 1.86. The molecule has 0 bridgehead atoms. The normalized spacial score (nSPS) is 15.1. The molecule has 5 heteroatoms. The highest BCUT2D eigenvalue weighted by molar-refractivity contribution is 5.95. The number of carbonyl (C=O) groups is 1. The van der Waals surface area contributed by atoms with Crippen molar-refractivity contribution in [1.29, 1.82) is 0 Å². The van der Waals surface area contributed by atoms with Crippen LogP contribution in [0.15, 0.2) is 18.2 Å². The Morgan fingerprint density at radius 3 is 2.76 bits per heavy atom. The number of ether oxygens (including phenoxy) is 1. The maximum atomic E-state index is 11.9. The summed E-state index contributed by atoms with van der Waals surface area (Å²) in [7, 11) is 3.47. The number of rotatable bonds is 6. The van der Waals surface area contributed by atoms with Gasteiger partial charge >= 0.3 is 0 Å². The molecule has 1 saturated carbocycles. The molecule has 2 rings (SSSR count). The molecule has 0 atom stereocenters. The van der Waals surface area contributed by atoms with E-state index in [1.165, 1.54) is 25.7 Å². The second kappa shape index (κ2) is 7.31. The molecule has 1 aliphatic carbocycles. The van der Waals surface area contributed by atoms with Gasteiger partial charge < -0.3 is 20.7 Å². The molecule has 0 aliphatic heterocycles. The van der Waals surface area contributed by atoms with Crippen molar-refractivity contribution >= 4 is 17.3 Å². The highest BCUT2D eigenvalue weighted by Crippen LogP contribution is 2.22. The van der Waals surface area contributed by atoms with E-state index < -0.39 is 0 Å². The average Bonchev–Trinajstić information content (AvgIpc) is 2.97. The van der Waals surface area contributed by atoms with Crippen LogP contribution in [0.2, 0.25) is 0 Å². The van der Waals surface area contributed by atoms with E-state index in [2.05, 4.69) is 5.32 Å². The Kier molecular flexibility index (Phi) is 5.44. The summed E-state index contributed by atoms with van der Waals surface area (Å²) in [5.41, 5.74) is 8.01. The Labute approximate surface area is 126 Å². The van der Waals surface area contributed by atoms with Gasteiger partial charge in [-0.3, -0.25) is 4.79 Å². The molecular weight excluding hydrogens is 266 g/mol. The van der Waals surface area contributed by atoms with Crippen molar-refractivity contribution in [2.75, 3.05) is 38.3 Å². The fourth-order valence-electron chi connectivity index (χ4n) is 2.57. The van der Waals surface area contributed by atoms with Gasteiger partial charge in [0.2, 0.25) is 0 Å². The van der Waals surface area contributed by atoms with Crippen LogP contribution in [-0.4, -0.2) is 44.2 Å². The number of hydrogen-bond donors (Lipinski definition) is 2. The van der Waals surface area contributed by atoms with Crippen LogP contribution in [0.25, 0.3) is 0 Å². The second-order valence-electron chi connectivity index (χ2n) is 5.71. The zero-order valence-corrected chi connectivity index (χ0v) is 12.9. The topological polar surface area (TPSA) is 67.6 Å². The number of nitrogens with one attached hydrogen (secondary N) is 1. The second-order valence-corrected chi connectivity index (χ2v) is 5.71. The highest BCUT2D eigenvalue weighted by Gasteiger charge is 2.15. The van der Waals surface area contributed by atoms with Crippen molar-refractivity contribution in [3.8, 4) is 0 Å². The van der Waals surface area contributed by atoms with Crippen LogP contribution in [0.3, 0.4) is 0 Å². The van der Waals surface area contributed by atoms with Crippen molar-refractivity contribution in [3.05, 3.63) is 23.8 Å². The molecule has 5 nitrogen and oxygen atoms in total. The van der Waals surface area contributed by atoms with E-state index in [0.717, 1.165) is 5.69 Å². The average molecular weight is 291 g/mol. The first-order valence-corrected chi connectivity index (χ1v) is 7.54. The van der Waals surface area contributed by atoms with Gasteiger partial charge in [-0.2, -0.15) is 0 Å². The van der Waals surface area contributed by atoms with Crippen molar-refractivity contribution in [2.45, 2.75) is 31.8 Å². The largest absolute Gasteiger partial charge is 0.397 e. The Hall–Kier alpha value is -1.75. The standard InChI is InChI=1S/C16H25N3O2/c1-19(2)16(20)12-7-8-14(17)15(11-12)18-9-10-21-13-5-3-4-6-13/h7-8,11,13,18H,3-6,9-10,17H2,1-2H3. The van der Waals surface area contributed by atoms with Gasteiger partial charge in [-0.05, 0) is 31.0 Å². The molecule has 1 aromatic carbocycles. The molecule has 0 radical (unpaired) electrons. The summed E-state index contributed by atoms with van der Waals surface area (Å²) >= 11 is 0. The lowest BCUT2D eigenvalue weighted by atomic mass is 10.1. The molecule has 116 valence electrons. The van der Waals surface area contributed by atoms with Gasteiger partial charge in [-0.1, -0.05) is 12.8 Å². The molecule has 0 heterocycles. The Bertz CT molecular complexity index is 482. The summed E-state index contributed by atoms with van der Waals surface area (Å²) in [6.07, 6.45) is 5.33. The molecule has 3 N–H and O–H groups in total. The summed E-state index contributed by atoms with van der Waals surface area (Å²) in [6.45, 7) is 1.36. The number of amides is 1.